The Bertz CT molecular complexity index is 538. The fourth-order valence-electron chi connectivity index (χ4n) is 3.30. The number of carbonyl (C=O) groups is 1. The van der Waals surface area contributed by atoms with E-state index in [1.165, 1.54) is 24.1 Å². The smallest absolute Gasteiger partial charge is 0.223 e. The number of hydrogen-bond donors (Lipinski definition) is 3. The second-order valence-corrected chi connectivity index (χ2v) is 8.19. The Hall–Kier alpha value is -1.56. The largest absolute Gasteiger partial charge is 0.357 e. The van der Waals surface area contributed by atoms with Gasteiger partial charge in [-0.25, -0.2) is 0 Å². The summed E-state index contributed by atoms with van der Waals surface area (Å²) in [7, 11) is 0. The van der Waals surface area contributed by atoms with Crippen LogP contribution in [0.2, 0.25) is 0 Å². The summed E-state index contributed by atoms with van der Waals surface area (Å²) >= 11 is 1.81. The van der Waals surface area contributed by atoms with Crippen LogP contribution in [-0.2, 0) is 11.2 Å². The summed E-state index contributed by atoms with van der Waals surface area (Å²) in [5.74, 6) is 1.79. The lowest BCUT2D eigenvalue weighted by Crippen LogP contribution is -2.42. The first-order valence-corrected chi connectivity index (χ1v) is 10.9. The predicted molar refractivity (Wildman–Crippen MR) is 111 cm³/mol. The molecule has 0 spiro atoms. The molecule has 3 N–H and O–H groups in total. The molecule has 5 nitrogen and oxygen atoms in total. The van der Waals surface area contributed by atoms with Gasteiger partial charge in [0.2, 0.25) is 5.91 Å². The number of carbonyl (C=O) groups excluding carboxylic acids is 1. The summed E-state index contributed by atoms with van der Waals surface area (Å²) < 4.78 is 0. The van der Waals surface area contributed by atoms with E-state index in [4.69, 9.17) is 0 Å². The van der Waals surface area contributed by atoms with E-state index in [0.717, 1.165) is 38.3 Å². The van der Waals surface area contributed by atoms with Gasteiger partial charge in [0.25, 0.3) is 0 Å². The molecule has 1 heterocycles. The molecular weight excluding hydrogens is 344 g/mol. The molecule has 1 atom stereocenters. The summed E-state index contributed by atoms with van der Waals surface area (Å²) in [4.78, 5) is 18.3. The van der Waals surface area contributed by atoms with E-state index >= 15 is 0 Å². The van der Waals surface area contributed by atoms with Gasteiger partial charge in [-0.1, -0.05) is 32.3 Å². The van der Waals surface area contributed by atoms with Crippen molar-refractivity contribution in [1.82, 2.24) is 16.0 Å². The monoisotopic (exact) mass is 378 g/mol. The zero-order valence-corrected chi connectivity index (χ0v) is 17.0. The molecule has 6 heteroatoms. The number of thiophene rings is 1. The third-order valence-corrected chi connectivity index (χ3v) is 5.63. The van der Waals surface area contributed by atoms with Crippen molar-refractivity contribution in [2.45, 2.75) is 52.4 Å². The molecule has 0 aromatic carbocycles. The zero-order valence-electron chi connectivity index (χ0n) is 16.2. The van der Waals surface area contributed by atoms with Gasteiger partial charge < -0.3 is 16.0 Å². The number of amides is 1. The van der Waals surface area contributed by atoms with Gasteiger partial charge in [0, 0.05) is 37.0 Å². The molecule has 0 saturated heterocycles. The SMILES string of the molecule is CCNC(=NCC(C)Cc1cccs1)NCCNC(=O)C1CCCCC1. The highest BCUT2D eigenvalue weighted by atomic mass is 32.1. The van der Waals surface area contributed by atoms with Crippen molar-refractivity contribution in [3.63, 3.8) is 0 Å². The van der Waals surface area contributed by atoms with Crippen molar-refractivity contribution in [2.75, 3.05) is 26.2 Å². The first-order valence-electron chi connectivity index (χ1n) is 10.0. The third kappa shape index (κ3) is 7.77. The first kappa shape index (κ1) is 20.7. The number of aliphatic imine (C=N–C) groups is 1. The molecule has 0 radical (unpaired) electrons. The van der Waals surface area contributed by atoms with E-state index in [2.05, 4.69) is 52.3 Å². The van der Waals surface area contributed by atoms with Crippen LogP contribution in [0.4, 0.5) is 0 Å². The van der Waals surface area contributed by atoms with Gasteiger partial charge in [-0.3, -0.25) is 9.79 Å². The van der Waals surface area contributed by atoms with Gasteiger partial charge in [0.1, 0.15) is 0 Å². The van der Waals surface area contributed by atoms with Crippen LogP contribution in [0, 0.1) is 11.8 Å². The molecule has 0 aliphatic heterocycles. The highest BCUT2D eigenvalue weighted by molar-refractivity contribution is 7.09. The minimum atomic E-state index is 0.220. The second kappa shape index (κ2) is 11.9. The fraction of sp³-hybridized carbons (Fsp3) is 0.700. The maximum absolute atomic E-state index is 12.2. The standard InChI is InChI=1S/C20H34N4OS/c1-3-21-20(24-15-16(2)14-18-10-7-13-26-18)23-12-11-22-19(25)17-8-5-4-6-9-17/h7,10,13,16-17H,3-6,8-9,11-12,14-15H2,1-2H3,(H,22,25)(H2,21,23,24). The number of guanidine groups is 1. The Labute approximate surface area is 162 Å². The van der Waals surface area contributed by atoms with E-state index in [1.54, 1.807) is 0 Å². The van der Waals surface area contributed by atoms with Crippen LogP contribution in [0.5, 0.6) is 0 Å². The molecule has 1 amide bonds. The van der Waals surface area contributed by atoms with Gasteiger partial charge in [-0.15, -0.1) is 11.3 Å². The van der Waals surface area contributed by atoms with Gasteiger partial charge in [-0.2, -0.15) is 0 Å². The lowest BCUT2D eigenvalue weighted by Gasteiger charge is -2.21. The summed E-state index contributed by atoms with van der Waals surface area (Å²) in [6.45, 7) is 7.27. The van der Waals surface area contributed by atoms with Crippen molar-refractivity contribution in [2.24, 2.45) is 16.8 Å². The van der Waals surface area contributed by atoms with Crippen LogP contribution >= 0.6 is 11.3 Å². The van der Waals surface area contributed by atoms with Crippen molar-refractivity contribution in [3.8, 4) is 0 Å². The van der Waals surface area contributed by atoms with E-state index < -0.39 is 0 Å². The van der Waals surface area contributed by atoms with Crippen LogP contribution in [0.25, 0.3) is 0 Å². The molecule has 1 aromatic rings. The lowest BCUT2D eigenvalue weighted by molar-refractivity contribution is -0.125. The van der Waals surface area contributed by atoms with Gasteiger partial charge in [0.05, 0.1) is 0 Å². The van der Waals surface area contributed by atoms with E-state index in [-0.39, 0.29) is 11.8 Å². The van der Waals surface area contributed by atoms with Crippen LogP contribution in [0.3, 0.4) is 0 Å². The Kier molecular flexibility index (Phi) is 9.53. The van der Waals surface area contributed by atoms with Crippen molar-refractivity contribution in [3.05, 3.63) is 22.4 Å². The van der Waals surface area contributed by atoms with Gasteiger partial charge in [0.15, 0.2) is 5.96 Å². The van der Waals surface area contributed by atoms with E-state index in [0.29, 0.717) is 19.0 Å². The van der Waals surface area contributed by atoms with Crippen LogP contribution in [-0.4, -0.2) is 38.0 Å². The first-order chi connectivity index (χ1) is 12.7. The molecule has 26 heavy (non-hydrogen) atoms. The Morgan fingerprint density at radius 1 is 1.23 bits per heavy atom. The Morgan fingerprint density at radius 3 is 2.69 bits per heavy atom. The second-order valence-electron chi connectivity index (χ2n) is 7.16. The highest BCUT2D eigenvalue weighted by Crippen LogP contribution is 2.23. The molecule has 1 aromatic heterocycles. The summed E-state index contributed by atoms with van der Waals surface area (Å²) in [6, 6.07) is 4.28. The molecule has 1 aliphatic rings. The normalized spacial score (nSPS) is 16.9. The van der Waals surface area contributed by atoms with E-state index in [9.17, 15) is 4.79 Å². The average Bonchev–Trinajstić information content (AvgIpc) is 3.16. The van der Waals surface area contributed by atoms with Crippen molar-refractivity contribution < 1.29 is 4.79 Å². The summed E-state index contributed by atoms with van der Waals surface area (Å²) in [6.07, 6.45) is 6.82. The van der Waals surface area contributed by atoms with Crippen LogP contribution in [0.1, 0.15) is 50.8 Å². The minimum Gasteiger partial charge on any atom is -0.357 e. The van der Waals surface area contributed by atoms with Crippen molar-refractivity contribution >= 4 is 23.2 Å². The topological polar surface area (TPSA) is 65.5 Å². The molecule has 1 saturated carbocycles. The van der Waals surface area contributed by atoms with Gasteiger partial charge >= 0.3 is 0 Å². The van der Waals surface area contributed by atoms with Gasteiger partial charge in [-0.05, 0) is 43.6 Å². The maximum atomic E-state index is 12.2. The molecular formula is C20H34N4OS. The predicted octanol–water partition coefficient (Wildman–Crippen LogP) is 3.18. The van der Waals surface area contributed by atoms with Crippen LogP contribution in [0.15, 0.2) is 22.5 Å². The highest BCUT2D eigenvalue weighted by Gasteiger charge is 2.20. The number of rotatable bonds is 9. The third-order valence-electron chi connectivity index (χ3n) is 4.73. The van der Waals surface area contributed by atoms with Crippen LogP contribution < -0.4 is 16.0 Å². The number of hydrogen-bond acceptors (Lipinski definition) is 3. The molecule has 0 bridgehead atoms. The minimum absolute atomic E-state index is 0.220. The number of nitrogens with one attached hydrogen (secondary N) is 3. The maximum Gasteiger partial charge on any atom is 0.223 e. The number of nitrogens with zero attached hydrogens (tertiary/aromatic N) is 1. The Balaban J connectivity index is 1.66. The molecule has 146 valence electrons. The van der Waals surface area contributed by atoms with E-state index in [1.807, 2.05) is 11.3 Å². The zero-order chi connectivity index (χ0) is 18.6. The molecule has 1 aliphatic carbocycles. The summed E-state index contributed by atoms with van der Waals surface area (Å²) in [5, 5.41) is 11.8. The summed E-state index contributed by atoms with van der Waals surface area (Å²) in [5.41, 5.74) is 0. The molecule has 2 rings (SSSR count). The van der Waals surface area contributed by atoms with Crippen molar-refractivity contribution in [1.29, 1.82) is 0 Å². The quantitative estimate of drug-likeness (QED) is 0.351. The lowest BCUT2D eigenvalue weighted by atomic mass is 9.89. The Morgan fingerprint density at radius 2 is 2.00 bits per heavy atom. The molecule has 1 unspecified atom stereocenters. The fourth-order valence-corrected chi connectivity index (χ4v) is 4.17. The average molecular weight is 379 g/mol. The molecule has 1 fully saturated rings.